The highest BCUT2D eigenvalue weighted by atomic mass is 15.1. The third-order valence-electron chi connectivity index (χ3n) is 1.52. The van der Waals surface area contributed by atoms with E-state index in [2.05, 4.69) is 37.2 Å². The minimum Gasteiger partial charge on any atom is -0.376 e. The third-order valence-corrected chi connectivity index (χ3v) is 1.52. The van der Waals surface area contributed by atoms with Crippen LogP contribution in [0.4, 0.5) is 0 Å². The van der Waals surface area contributed by atoms with Crippen LogP contribution in [0.1, 0.15) is 13.3 Å². The van der Waals surface area contributed by atoms with Crippen molar-refractivity contribution in [3.8, 4) is 0 Å². The maximum Gasteiger partial charge on any atom is 0.0354 e. The summed E-state index contributed by atoms with van der Waals surface area (Å²) in [5.41, 5.74) is 1.42. The second-order valence-corrected chi connectivity index (χ2v) is 2.40. The van der Waals surface area contributed by atoms with Crippen LogP contribution in [-0.4, -0.2) is 18.5 Å². The largest absolute Gasteiger partial charge is 0.376 e. The van der Waals surface area contributed by atoms with Gasteiger partial charge in [-0.3, -0.25) is 0 Å². The summed E-state index contributed by atoms with van der Waals surface area (Å²) < 4.78 is 0. The molecular formula is C8H13N. The van der Waals surface area contributed by atoms with Crippen molar-refractivity contribution in [3.63, 3.8) is 0 Å². The lowest BCUT2D eigenvalue weighted by atomic mass is 10.1. The van der Waals surface area contributed by atoms with Gasteiger partial charge in [-0.2, -0.15) is 0 Å². The lowest BCUT2D eigenvalue weighted by Crippen LogP contribution is -2.13. The normalized spacial score (nSPS) is 18.0. The molecule has 0 saturated heterocycles. The Bertz CT molecular complexity index is 145. The first-order valence-electron chi connectivity index (χ1n) is 3.40. The Balaban J connectivity index is 2.59. The smallest absolute Gasteiger partial charge is 0.0354 e. The molecule has 50 valence electrons. The summed E-state index contributed by atoms with van der Waals surface area (Å²) in [6.45, 7) is 3.23. The number of allylic oxidation sites excluding steroid dienone is 2. The van der Waals surface area contributed by atoms with E-state index in [1.807, 2.05) is 0 Å². The Morgan fingerprint density at radius 1 is 1.67 bits per heavy atom. The number of hydrogen-bond donors (Lipinski definition) is 0. The standard InChI is InChI=1S/C8H13N/c1-3-8-5-4-6-9(2)7-8/h4-5,7H,3,6H2,1-2H3. The van der Waals surface area contributed by atoms with Crippen LogP contribution < -0.4 is 0 Å². The van der Waals surface area contributed by atoms with E-state index in [0.717, 1.165) is 13.0 Å². The fourth-order valence-electron chi connectivity index (χ4n) is 0.958. The van der Waals surface area contributed by atoms with Gasteiger partial charge in [0.1, 0.15) is 0 Å². The van der Waals surface area contributed by atoms with E-state index < -0.39 is 0 Å². The summed E-state index contributed by atoms with van der Waals surface area (Å²) >= 11 is 0. The molecule has 1 aliphatic rings. The molecular weight excluding hydrogens is 110 g/mol. The van der Waals surface area contributed by atoms with Crippen molar-refractivity contribution >= 4 is 0 Å². The van der Waals surface area contributed by atoms with Crippen LogP contribution in [0, 0.1) is 0 Å². The van der Waals surface area contributed by atoms with E-state index in [1.54, 1.807) is 0 Å². The lowest BCUT2D eigenvalue weighted by molar-refractivity contribution is 0.498. The first kappa shape index (κ1) is 6.40. The fourth-order valence-corrected chi connectivity index (χ4v) is 0.958. The van der Waals surface area contributed by atoms with Crippen molar-refractivity contribution in [2.75, 3.05) is 13.6 Å². The molecule has 0 N–H and O–H groups in total. The molecule has 1 nitrogen and oxygen atoms in total. The highest BCUT2D eigenvalue weighted by Crippen LogP contribution is 2.07. The second-order valence-electron chi connectivity index (χ2n) is 2.40. The molecule has 0 aromatic carbocycles. The van der Waals surface area contributed by atoms with E-state index >= 15 is 0 Å². The van der Waals surface area contributed by atoms with Gasteiger partial charge in [-0.15, -0.1) is 0 Å². The highest BCUT2D eigenvalue weighted by Gasteiger charge is 1.96. The number of rotatable bonds is 1. The van der Waals surface area contributed by atoms with Crippen LogP contribution in [0.5, 0.6) is 0 Å². The molecule has 0 aromatic heterocycles. The van der Waals surface area contributed by atoms with Gasteiger partial charge < -0.3 is 4.90 Å². The molecule has 1 heteroatoms. The molecule has 0 bridgehead atoms. The highest BCUT2D eigenvalue weighted by molar-refractivity contribution is 5.21. The Hall–Kier alpha value is -0.720. The fraction of sp³-hybridized carbons (Fsp3) is 0.500. The Labute approximate surface area is 56.7 Å². The first-order chi connectivity index (χ1) is 4.33. The molecule has 0 fully saturated rings. The quantitative estimate of drug-likeness (QED) is 0.513. The summed E-state index contributed by atoms with van der Waals surface area (Å²) in [5.74, 6) is 0. The third kappa shape index (κ3) is 1.60. The molecule has 0 atom stereocenters. The number of hydrogen-bond acceptors (Lipinski definition) is 1. The lowest BCUT2D eigenvalue weighted by Gasteiger charge is -2.16. The van der Waals surface area contributed by atoms with E-state index in [-0.39, 0.29) is 0 Å². The van der Waals surface area contributed by atoms with Crippen molar-refractivity contribution in [3.05, 3.63) is 23.9 Å². The molecule has 0 amide bonds. The topological polar surface area (TPSA) is 3.24 Å². The van der Waals surface area contributed by atoms with Crippen molar-refractivity contribution in [2.45, 2.75) is 13.3 Å². The molecule has 0 saturated carbocycles. The number of likely N-dealkylation sites (N-methyl/N-ethyl adjacent to an activating group) is 1. The maximum atomic E-state index is 2.19. The predicted octanol–water partition coefficient (Wildman–Crippen LogP) is 1.78. The summed E-state index contributed by atoms with van der Waals surface area (Å²) in [6, 6.07) is 0. The van der Waals surface area contributed by atoms with Crippen LogP contribution in [0.3, 0.4) is 0 Å². The van der Waals surface area contributed by atoms with Crippen molar-refractivity contribution in [2.24, 2.45) is 0 Å². The zero-order valence-corrected chi connectivity index (χ0v) is 6.09. The van der Waals surface area contributed by atoms with Crippen LogP contribution in [0.15, 0.2) is 23.9 Å². The van der Waals surface area contributed by atoms with Gasteiger partial charge in [0.2, 0.25) is 0 Å². The average molecular weight is 123 g/mol. The molecule has 0 aliphatic carbocycles. The summed E-state index contributed by atoms with van der Waals surface area (Å²) in [7, 11) is 2.10. The Morgan fingerprint density at radius 3 is 2.89 bits per heavy atom. The molecule has 9 heavy (non-hydrogen) atoms. The molecule has 1 aliphatic heterocycles. The average Bonchev–Trinajstić information content (AvgIpc) is 1.88. The van der Waals surface area contributed by atoms with Gasteiger partial charge in [0.25, 0.3) is 0 Å². The Kier molecular flexibility index (Phi) is 1.93. The zero-order valence-electron chi connectivity index (χ0n) is 6.09. The number of nitrogens with zero attached hydrogens (tertiary/aromatic N) is 1. The van der Waals surface area contributed by atoms with Crippen LogP contribution in [0.2, 0.25) is 0 Å². The minimum atomic E-state index is 1.06. The van der Waals surface area contributed by atoms with Crippen LogP contribution >= 0.6 is 0 Å². The van der Waals surface area contributed by atoms with Crippen LogP contribution in [0.25, 0.3) is 0 Å². The summed E-state index contributed by atoms with van der Waals surface area (Å²) in [6.07, 6.45) is 7.72. The molecule has 0 aromatic rings. The minimum absolute atomic E-state index is 1.06. The van der Waals surface area contributed by atoms with Crippen molar-refractivity contribution in [1.82, 2.24) is 4.90 Å². The van der Waals surface area contributed by atoms with Gasteiger partial charge in [0.05, 0.1) is 0 Å². The second kappa shape index (κ2) is 2.72. The predicted molar refractivity (Wildman–Crippen MR) is 40.1 cm³/mol. The SMILES string of the molecule is CCC1=CN(C)CC=C1. The van der Waals surface area contributed by atoms with Gasteiger partial charge in [0, 0.05) is 19.8 Å². The van der Waals surface area contributed by atoms with Crippen LogP contribution in [-0.2, 0) is 0 Å². The van der Waals surface area contributed by atoms with Crippen molar-refractivity contribution < 1.29 is 0 Å². The summed E-state index contributed by atoms with van der Waals surface area (Å²) in [5, 5.41) is 0. The molecule has 0 radical (unpaired) electrons. The molecule has 1 rings (SSSR count). The van der Waals surface area contributed by atoms with Gasteiger partial charge >= 0.3 is 0 Å². The van der Waals surface area contributed by atoms with Crippen molar-refractivity contribution in [1.29, 1.82) is 0 Å². The maximum absolute atomic E-state index is 2.19. The molecule has 1 heterocycles. The van der Waals surface area contributed by atoms with E-state index in [9.17, 15) is 0 Å². The van der Waals surface area contributed by atoms with Gasteiger partial charge in [-0.25, -0.2) is 0 Å². The van der Waals surface area contributed by atoms with Gasteiger partial charge in [0.15, 0.2) is 0 Å². The van der Waals surface area contributed by atoms with E-state index in [4.69, 9.17) is 0 Å². The monoisotopic (exact) mass is 123 g/mol. The summed E-state index contributed by atoms with van der Waals surface area (Å²) in [4.78, 5) is 2.19. The molecule has 0 unspecified atom stereocenters. The molecule has 0 spiro atoms. The zero-order chi connectivity index (χ0) is 6.69. The van der Waals surface area contributed by atoms with Gasteiger partial charge in [-0.05, 0) is 12.0 Å². The van der Waals surface area contributed by atoms with E-state index in [1.165, 1.54) is 5.57 Å². The first-order valence-corrected chi connectivity index (χ1v) is 3.40. The van der Waals surface area contributed by atoms with Gasteiger partial charge in [-0.1, -0.05) is 19.1 Å². The van der Waals surface area contributed by atoms with E-state index in [0.29, 0.717) is 0 Å². The Morgan fingerprint density at radius 2 is 2.44 bits per heavy atom.